The van der Waals surface area contributed by atoms with Gasteiger partial charge in [0.2, 0.25) is 5.56 Å². The minimum atomic E-state index is -0.0227. The van der Waals surface area contributed by atoms with Crippen LogP contribution in [0.25, 0.3) is 0 Å². The van der Waals surface area contributed by atoms with Crippen molar-refractivity contribution < 1.29 is 0 Å². The van der Waals surface area contributed by atoms with Gasteiger partial charge in [-0.25, -0.2) is 0 Å². The number of hydrogen-bond donors (Lipinski definition) is 2. The summed E-state index contributed by atoms with van der Waals surface area (Å²) >= 11 is 0. The molecule has 0 fully saturated rings. The van der Waals surface area contributed by atoms with Crippen molar-refractivity contribution in [3.05, 3.63) is 28.2 Å². The van der Waals surface area contributed by atoms with E-state index in [1.165, 1.54) is 0 Å². The van der Waals surface area contributed by atoms with Gasteiger partial charge in [-0.2, -0.15) is 0 Å². The molecule has 2 N–H and O–H groups in total. The smallest absolute Gasteiger partial charge is 0.248 e. The van der Waals surface area contributed by atoms with Crippen LogP contribution in [0.15, 0.2) is 17.1 Å². The normalized spacial score (nSPS) is 18.5. The molecule has 2 rings (SSSR count). The Morgan fingerprint density at radius 2 is 2.25 bits per heavy atom. The number of aromatic amines is 1. The van der Waals surface area contributed by atoms with Crippen LogP contribution in [0, 0.1) is 0 Å². The van der Waals surface area contributed by atoms with Gasteiger partial charge in [-0.05, 0) is 5.56 Å². The highest BCUT2D eigenvalue weighted by molar-refractivity contribution is 5.57. The van der Waals surface area contributed by atoms with E-state index < -0.39 is 0 Å². The Labute approximate surface area is 70.8 Å². The van der Waals surface area contributed by atoms with Gasteiger partial charge in [0.25, 0.3) is 0 Å². The lowest BCUT2D eigenvalue weighted by Crippen LogP contribution is -2.20. The van der Waals surface area contributed by atoms with Crippen molar-refractivity contribution in [3.63, 3.8) is 0 Å². The Hall–Kier alpha value is -1.25. The molecule has 0 spiro atoms. The van der Waals surface area contributed by atoms with Crippen molar-refractivity contribution in [2.75, 3.05) is 11.9 Å². The van der Waals surface area contributed by atoms with E-state index in [-0.39, 0.29) is 11.0 Å². The molecule has 1 aliphatic rings. The first-order valence-electron chi connectivity index (χ1n) is 4.07. The maximum absolute atomic E-state index is 11.0. The van der Waals surface area contributed by atoms with Crippen LogP contribution in [0.1, 0.15) is 19.4 Å². The summed E-state index contributed by atoms with van der Waals surface area (Å²) < 4.78 is 0. The van der Waals surface area contributed by atoms with Crippen LogP contribution in [-0.2, 0) is 5.41 Å². The van der Waals surface area contributed by atoms with Gasteiger partial charge in [0.05, 0.1) is 5.69 Å². The van der Waals surface area contributed by atoms with Crippen LogP contribution in [-0.4, -0.2) is 11.5 Å². The third kappa shape index (κ3) is 0.932. The third-order valence-corrected chi connectivity index (χ3v) is 2.37. The average molecular weight is 164 g/mol. The van der Waals surface area contributed by atoms with E-state index in [0.29, 0.717) is 0 Å². The van der Waals surface area contributed by atoms with Gasteiger partial charge < -0.3 is 10.3 Å². The van der Waals surface area contributed by atoms with Crippen LogP contribution >= 0.6 is 0 Å². The van der Waals surface area contributed by atoms with Crippen LogP contribution in [0.4, 0.5) is 5.69 Å². The van der Waals surface area contributed by atoms with Crippen molar-refractivity contribution in [1.82, 2.24) is 4.98 Å². The largest absolute Gasteiger partial charge is 0.383 e. The number of anilines is 1. The Balaban J connectivity index is 2.65. The zero-order valence-corrected chi connectivity index (χ0v) is 7.27. The number of H-pyrrole nitrogens is 1. The monoisotopic (exact) mass is 164 g/mol. The molecule has 0 aliphatic carbocycles. The summed E-state index contributed by atoms with van der Waals surface area (Å²) in [5.41, 5.74) is 2.24. The molecule has 3 nitrogen and oxygen atoms in total. The molecule has 0 amide bonds. The van der Waals surface area contributed by atoms with Gasteiger partial charge in [0.1, 0.15) is 0 Å². The SMILES string of the molecule is CC1(C)CNc2c[nH]c(=O)cc21. The van der Waals surface area contributed by atoms with Gasteiger partial charge in [-0.1, -0.05) is 13.8 Å². The molecule has 1 aromatic heterocycles. The fraction of sp³-hybridized carbons (Fsp3) is 0.444. The van der Waals surface area contributed by atoms with Crippen molar-refractivity contribution >= 4 is 5.69 Å². The number of fused-ring (bicyclic) bond motifs is 1. The third-order valence-electron chi connectivity index (χ3n) is 2.37. The molecular formula is C9H12N2O. The van der Waals surface area contributed by atoms with E-state index >= 15 is 0 Å². The molecule has 0 aromatic carbocycles. The summed E-state index contributed by atoms with van der Waals surface area (Å²) in [6.45, 7) is 5.16. The second kappa shape index (κ2) is 2.12. The minimum absolute atomic E-state index is 0.0227. The Morgan fingerprint density at radius 3 is 3.00 bits per heavy atom. The lowest BCUT2D eigenvalue weighted by molar-refractivity contribution is 0.585. The second-order valence-electron chi connectivity index (χ2n) is 3.86. The van der Waals surface area contributed by atoms with E-state index in [2.05, 4.69) is 24.1 Å². The summed E-state index contributed by atoms with van der Waals surface area (Å²) in [5, 5.41) is 3.25. The number of hydrogen-bond acceptors (Lipinski definition) is 2. The lowest BCUT2D eigenvalue weighted by atomic mass is 9.88. The van der Waals surface area contributed by atoms with Crippen LogP contribution in [0.3, 0.4) is 0 Å². The maximum atomic E-state index is 11.0. The molecule has 0 saturated carbocycles. The van der Waals surface area contributed by atoms with E-state index in [1.54, 1.807) is 12.3 Å². The predicted octanol–water partition coefficient (Wildman–Crippen LogP) is 1.08. The van der Waals surface area contributed by atoms with Crippen molar-refractivity contribution in [2.24, 2.45) is 0 Å². The van der Waals surface area contributed by atoms with Gasteiger partial charge >= 0.3 is 0 Å². The molecule has 1 aromatic rings. The highest BCUT2D eigenvalue weighted by Crippen LogP contribution is 2.33. The standard InChI is InChI=1S/C9H12N2O/c1-9(2)5-11-7-4-10-8(12)3-6(7)9/h3-4,11H,5H2,1-2H3,(H,10,12). The van der Waals surface area contributed by atoms with Crippen molar-refractivity contribution in [1.29, 1.82) is 0 Å². The number of nitrogens with one attached hydrogen (secondary N) is 2. The van der Waals surface area contributed by atoms with E-state index in [4.69, 9.17) is 0 Å². The topological polar surface area (TPSA) is 44.9 Å². The first-order valence-corrected chi connectivity index (χ1v) is 4.07. The molecule has 1 aliphatic heterocycles. The number of rotatable bonds is 0. The molecule has 12 heavy (non-hydrogen) atoms. The molecule has 0 unspecified atom stereocenters. The summed E-state index contributed by atoms with van der Waals surface area (Å²) in [4.78, 5) is 13.7. The highest BCUT2D eigenvalue weighted by atomic mass is 16.1. The molecule has 0 saturated heterocycles. The lowest BCUT2D eigenvalue weighted by Gasteiger charge is -2.15. The van der Waals surface area contributed by atoms with Gasteiger partial charge in [0, 0.05) is 24.2 Å². The Kier molecular flexibility index (Phi) is 1.31. The van der Waals surface area contributed by atoms with Gasteiger partial charge in [-0.3, -0.25) is 4.79 Å². The van der Waals surface area contributed by atoms with E-state index in [9.17, 15) is 4.79 Å². The molecular weight excluding hydrogens is 152 g/mol. The highest BCUT2D eigenvalue weighted by Gasteiger charge is 2.29. The second-order valence-corrected chi connectivity index (χ2v) is 3.86. The first kappa shape index (κ1) is 7.40. The summed E-state index contributed by atoms with van der Waals surface area (Å²) in [6, 6.07) is 1.68. The molecule has 3 heteroatoms. The summed E-state index contributed by atoms with van der Waals surface area (Å²) in [7, 11) is 0. The summed E-state index contributed by atoms with van der Waals surface area (Å²) in [6.07, 6.45) is 1.74. The maximum Gasteiger partial charge on any atom is 0.248 e. The molecule has 64 valence electrons. The fourth-order valence-electron chi connectivity index (χ4n) is 1.59. The average Bonchev–Trinajstić information content (AvgIpc) is 2.28. The summed E-state index contributed by atoms with van der Waals surface area (Å²) in [5.74, 6) is 0. The van der Waals surface area contributed by atoms with E-state index in [1.807, 2.05) is 0 Å². The zero-order valence-electron chi connectivity index (χ0n) is 7.27. The zero-order chi connectivity index (χ0) is 8.77. The van der Waals surface area contributed by atoms with Gasteiger partial charge in [0.15, 0.2) is 0 Å². The van der Waals surface area contributed by atoms with Crippen LogP contribution in [0.2, 0.25) is 0 Å². The van der Waals surface area contributed by atoms with Crippen LogP contribution < -0.4 is 10.9 Å². The molecule has 0 radical (unpaired) electrons. The molecule has 0 bridgehead atoms. The minimum Gasteiger partial charge on any atom is -0.383 e. The molecule has 0 atom stereocenters. The number of aromatic nitrogens is 1. The Bertz CT molecular complexity index is 365. The fourth-order valence-corrected chi connectivity index (χ4v) is 1.59. The molecule has 2 heterocycles. The van der Waals surface area contributed by atoms with E-state index in [0.717, 1.165) is 17.8 Å². The van der Waals surface area contributed by atoms with Crippen LogP contribution in [0.5, 0.6) is 0 Å². The van der Waals surface area contributed by atoms with Crippen molar-refractivity contribution in [2.45, 2.75) is 19.3 Å². The van der Waals surface area contributed by atoms with Gasteiger partial charge in [-0.15, -0.1) is 0 Å². The Morgan fingerprint density at radius 1 is 1.50 bits per heavy atom. The quantitative estimate of drug-likeness (QED) is 0.602. The number of pyridine rings is 1. The predicted molar refractivity (Wildman–Crippen MR) is 48.6 cm³/mol. The van der Waals surface area contributed by atoms with Crippen molar-refractivity contribution in [3.8, 4) is 0 Å². The first-order chi connectivity index (χ1) is 5.59.